The monoisotopic (exact) mass is 315 g/mol. The van der Waals surface area contributed by atoms with Gasteiger partial charge in [-0.15, -0.1) is 0 Å². The predicted molar refractivity (Wildman–Crippen MR) is 90.2 cm³/mol. The van der Waals surface area contributed by atoms with Crippen LogP contribution in [0.4, 0.5) is 0 Å². The smallest absolute Gasteiger partial charge is 0.225 e. The van der Waals surface area contributed by atoms with Crippen molar-refractivity contribution in [3.05, 3.63) is 52.3 Å². The van der Waals surface area contributed by atoms with Crippen molar-refractivity contribution in [2.45, 2.75) is 39.7 Å². The maximum Gasteiger partial charge on any atom is 0.225 e. The van der Waals surface area contributed by atoms with Crippen molar-refractivity contribution in [2.24, 2.45) is 7.05 Å². The molecule has 1 unspecified atom stereocenters. The lowest BCUT2D eigenvalue weighted by molar-refractivity contribution is -0.121. The maximum atomic E-state index is 12.3. The molecule has 0 saturated heterocycles. The molecule has 0 aliphatic carbocycles. The van der Waals surface area contributed by atoms with Gasteiger partial charge in [0, 0.05) is 18.3 Å². The number of aryl methyl sites for hydroxylation is 3. The number of nitrogens with one attached hydrogen (secondary N) is 1. The number of benzene rings is 1. The molecule has 1 amide bonds. The van der Waals surface area contributed by atoms with Gasteiger partial charge < -0.3 is 10.4 Å². The number of carbonyl (C=O) groups is 1. The zero-order valence-corrected chi connectivity index (χ0v) is 14.3. The molecule has 5 heteroatoms. The average molecular weight is 315 g/mol. The van der Waals surface area contributed by atoms with Crippen LogP contribution < -0.4 is 5.32 Å². The minimum absolute atomic E-state index is 0.109. The highest BCUT2D eigenvalue weighted by Crippen LogP contribution is 2.16. The van der Waals surface area contributed by atoms with E-state index in [9.17, 15) is 9.90 Å². The summed E-state index contributed by atoms with van der Waals surface area (Å²) >= 11 is 0. The third kappa shape index (κ3) is 3.99. The van der Waals surface area contributed by atoms with Crippen molar-refractivity contribution in [1.29, 1.82) is 0 Å². The molecule has 1 heterocycles. The number of amides is 1. The quantitative estimate of drug-likeness (QED) is 0.857. The second-order valence-electron chi connectivity index (χ2n) is 5.85. The second kappa shape index (κ2) is 7.42. The third-order valence-electron chi connectivity index (χ3n) is 4.30. The number of aromatic nitrogens is 2. The van der Waals surface area contributed by atoms with Gasteiger partial charge in [0.2, 0.25) is 5.91 Å². The van der Waals surface area contributed by atoms with Gasteiger partial charge in [-0.25, -0.2) is 0 Å². The van der Waals surface area contributed by atoms with Crippen molar-refractivity contribution < 1.29 is 9.90 Å². The van der Waals surface area contributed by atoms with Crippen LogP contribution in [-0.2, 0) is 24.7 Å². The molecule has 2 rings (SSSR count). The van der Waals surface area contributed by atoms with Crippen molar-refractivity contribution in [2.75, 3.05) is 6.61 Å². The third-order valence-corrected chi connectivity index (χ3v) is 4.30. The summed E-state index contributed by atoms with van der Waals surface area (Å²) in [5.74, 6) is -0.109. The lowest BCUT2D eigenvalue weighted by Crippen LogP contribution is -2.32. The molecular formula is C18H25N3O2. The number of hydrogen-bond donors (Lipinski definition) is 2. The molecule has 23 heavy (non-hydrogen) atoms. The minimum atomic E-state index is -0.384. The van der Waals surface area contributed by atoms with Gasteiger partial charge in [-0.2, -0.15) is 5.10 Å². The van der Waals surface area contributed by atoms with Gasteiger partial charge >= 0.3 is 0 Å². The molecule has 5 nitrogen and oxygen atoms in total. The van der Waals surface area contributed by atoms with E-state index in [2.05, 4.69) is 17.3 Å². The van der Waals surface area contributed by atoms with Crippen LogP contribution in [0.3, 0.4) is 0 Å². The number of carbonyl (C=O) groups excluding carboxylic acids is 1. The Morgan fingerprint density at radius 1 is 1.30 bits per heavy atom. The first-order valence-electron chi connectivity index (χ1n) is 7.94. The van der Waals surface area contributed by atoms with Gasteiger partial charge in [0.25, 0.3) is 0 Å². The normalized spacial score (nSPS) is 12.2. The van der Waals surface area contributed by atoms with Crippen molar-refractivity contribution in [3.63, 3.8) is 0 Å². The fourth-order valence-electron chi connectivity index (χ4n) is 2.70. The average Bonchev–Trinajstić information content (AvgIpc) is 2.79. The first-order valence-corrected chi connectivity index (χ1v) is 7.94. The van der Waals surface area contributed by atoms with Crippen molar-refractivity contribution in [1.82, 2.24) is 15.1 Å². The van der Waals surface area contributed by atoms with Gasteiger partial charge in [-0.1, -0.05) is 31.2 Å². The molecule has 0 saturated carbocycles. The Balaban J connectivity index is 2.07. The molecule has 0 aliphatic rings. The summed E-state index contributed by atoms with van der Waals surface area (Å²) in [5.41, 5.74) is 4.96. The standard InChI is InChI=1S/C18H25N3O2/c1-5-14-6-8-15(9-7-14)17(11-22)19-18(23)10-16-12(2)20-21(4)13(16)3/h6-9,17,22H,5,10-11H2,1-4H3,(H,19,23). The highest BCUT2D eigenvalue weighted by atomic mass is 16.3. The van der Waals surface area contributed by atoms with Gasteiger partial charge in [-0.05, 0) is 31.4 Å². The predicted octanol–water partition coefficient (Wildman–Crippen LogP) is 1.99. The summed E-state index contributed by atoms with van der Waals surface area (Å²) in [5, 5.41) is 16.8. The summed E-state index contributed by atoms with van der Waals surface area (Å²) in [6.45, 7) is 5.83. The maximum absolute atomic E-state index is 12.3. The highest BCUT2D eigenvalue weighted by Gasteiger charge is 2.17. The Morgan fingerprint density at radius 3 is 2.43 bits per heavy atom. The van der Waals surface area contributed by atoms with E-state index in [0.29, 0.717) is 0 Å². The number of aliphatic hydroxyl groups is 1. The lowest BCUT2D eigenvalue weighted by atomic mass is 10.0. The van der Waals surface area contributed by atoms with E-state index in [1.54, 1.807) is 4.68 Å². The molecule has 2 aromatic rings. The summed E-state index contributed by atoms with van der Waals surface area (Å²) in [6, 6.07) is 7.59. The van der Waals surface area contributed by atoms with Gasteiger partial charge in [-0.3, -0.25) is 9.48 Å². The van der Waals surface area contributed by atoms with E-state index >= 15 is 0 Å². The van der Waals surface area contributed by atoms with Crippen LogP contribution in [0.15, 0.2) is 24.3 Å². The molecule has 0 radical (unpaired) electrons. The molecule has 0 spiro atoms. The SMILES string of the molecule is CCc1ccc(C(CO)NC(=O)Cc2c(C)nn(C)c2C)cc1. The Bertz CT molecular complexity index is 674. The van der Waals surface area contributed by atoms with Crippen LogP contribution in [-0.4, -0.2) is 27.4 Å². The Labute approximate surface area is 137 Å². The van der Waals surface area contributed by atoms with Gasteiger partial charge in [0.15, 0.2) is 0 Å². The van der Waals surface area contributed by atoms with E-state index in [4.69, 9.17) is 0 Å². The fourth-order valence-corrected chi connectivity index (χ4v) is 2.70. The van der Waals surface area contributed by atoms with Crippen LogP contribution in [0.25, 0.3) is 0 Å². The summed E-state index contributed by atoms with van der Waals surface area (Å²) in [6.07, 6.45) is 1.24. The molecule has 1 atom stereocenters. The first kappa shape index (κ1) is 17.2. The number of hydrogen-bond acceptors (Lipinski definition) is 3. The summed E-state index contributed by atoms with van der Waals surface area (Å²) in [7, 11) is 1.87. The van der Waals surface area contributed by atoms with Gasteiger partial charge in [0.1, 0.15) is 0 Å². The Morgan fingerprint density at radius 2 is 1.96 bits per heavy atom. The molecule has 124 valence electrons. The lowest BCUT2D eigenvalue weighted by Gasteiger charge is -2.17. The van der Waals surface area contributed by atoms with E-state index in [0.717, 1.165) is 28.9 Å². The first-order chi connectivity index (χ1) is 11.0. The molecule has 1 aromatic heterocycles. The van der Waals surface area contributed by atoms with E-state index in [1.165, 1.54) is 5.56 Å². The zero-order chi connectivity index (χ0) is 17.0. The Hall–Kier alpha value is -2.14. The largest absolute Gasteiger partial charge is 0.394 e. The van der Waals surface area contributed by atoms with Crippen LogP contribution in [0.5, 0.6) is 0 Å². The molecule has 0 aliphatic heterocycles. The highest BCUT2D eigenvalue weighted by molar-refractivity contribution is 5.79. The summed E-state index contributed by atoms with van der Waals surface area (Å²) < 4.78 is 1.78. The topological polar surface area (TPSA) is 67.2 Å². The van der Waals surface area contributed by atoms with Gasteiger partial charge in [0.05, 0.1) is 24.8 Å². The van der Waals surface area contributed by atoms with E-state index < -0.39 is 0 Å². The minimum Gasteiger partial charge on any atom is -0.394 e. The molecule has 2 N–H and O–H groups in total. The van der Waals surface area contributed by atoms with Crippen molar-refractivity contribution in [3.8, 4) is 0 Å². The summed E-state index contributed by atoms with van der Waals surface area (Å²) in [4.78, 5) is 12.3. The fraction of sp³-hybridized carbons (Fsp3) is 0.444. The molecule has 0 fully saturated rings. The van der Waals surface area contributed by atoms with E-state index in [1.807, 2.05) is 45.2 Å². The number of aliphatic hydroxyl groups excluding tert-OH is 1. The molecular weight excluding hydrogens is 290 g/mol. The van der Waals surface area contributed by atoms with E-state index in [-0.39, 0.29) is 25.0 Å². The van der Waals surface area contributed by atoms with Crippen molar-refractivity contribution >= 4 is 5.91 Å². The van der Waals surface area contributed by atoms with Crippen LogP contribution >= 0.6 is 0 Å². The van der Waals surface area contributed by atoms with Crippen LogP contribution in [0.1, 0.15) is 41.0 Å². The molecule has 1 aromatic carbocycles. The van der Waals surface area contributed by atoms with Crippen LogP contribution in [0, 0.1) is 13.8 Å². The number of rotatable bonds is 6. The zero-order valence-electron chi connectivity index (χ0n) is 14.3. The molecule has 0 bridgehead atoms. The van der Waals surface area contributed by atoms with Crippen LogP contribution in [0.2, 0.25) is 0 Å². The number of nitrogens with zero attached hydrogens (tertiary/aromatic N) is 2. The second-order valence-corrected chi connectivity index (χ2v) is 5.85. The Kier molecular flexibility index (Phi) is 5.55.